The average molecular weight is 460 g/mol. The van der Waals surface area contributed by atoms with Crippen molar-refractivity contribution in [3.63, 3.8) is 0 Å². The van der Waals surface area contributed by atoms with Gasteiger partial charge in [-0.2, -0.15) is 5.10 Å². The van der Waals surface area contributed by atoms with Crippen LogP contribution in [0.25, 0.3) is 0 Å². The Morgan fingerprint density at radius 3 is 2.38 bits per heavy atom. The van der Waals surface area contributed by atoms with E-state index in [-0.39, 0.29) is 11.8 Å². The zero-order valence-corrected chi connectivity index (χ0v) is 20.1. The van der Waals surface area contributed by atoms with Gasteiger partial charge in [-0.15, -0.1) is 0 Å². The van der Waals surface area contributed by atoms with E-state index >= 15 is 0 Å². The van der Waals surface area contributed by atoms with E-state index in [9.17, 15) is 9.59 Å². The standard InChI is InChI=1S/C27H29N3O4/c1-17-11-18(2)24(19(3)12-17)16-34-25-10-9-21(13-26(25)33-5)15-28-30-27(32)22-7-6-8-23(14-22)29-20(4)31/h6-15H,16H2,1-5H3,(H,29,31)(H,30,32)/b28-15-. The van der Waals surface area contributed by atoms with Crippen LogP contribution < -0.4 is 20.2 Å². The molecule has 3 aromatic carbocycles. The fourth-order valence-electron chi connectivity index (χ4n) is 3.64. The van der Waals surface area contributed by atoms with Crippen molar-refractivity contribution >= 4 is 23.7 Å². The van der Waals surface area contributed by atoms with Crippen molar-refractivity contribution < 1.29 is 19.1 Å². The van der Waals surface area contributed by atoms with E-state index in [2.05, 4.69) is 48.7 Å². The van der Waals surface area contributed by atoms with Gasteiger partial charge in [0.1, 0.15) is 6.61 Å². The Bertz CT molecular complexity index is 1210. The summed E-state index contributed by atoms with van der Waals surface area (Å²) in [5, 5.41) is 6.68. The molecule has 7 nitrogen and oxygen atoms in total. The molecule has 2 N–H and O–H groups in total. The molecule has 34 heavy (non-hydrogen) atoms. The summed E-state index contributed by atoms with van der Waals surface area (Å²) in [6.07, 6.45) is 1.52. The van der Waals surface area contributed by atoms with Crippen LogP contribution in [0, 0.1) is 20.8 Å². The Morgan fingerprint density at radius 1 is 0.971 bits per heavy atom. The van der Waals surface area contributed by atoms with Gasteiger partial charge in [0, 0.05) is 18.2 Å². The number of carbonyl (C=O) groups excluding carboxylic acids is 2. The third kappa shape index (κ3) is 6.45. The van der Waals surface area contributed by atoms with Gasteiger partial charge in [-0.25, -0.2) is 5.43 Å². The summed E-state index contributed by atoms with van der Waals surface area (Å²) < 4.78 is 11.5. The van der Waals surface area contributed by atoms with Crippen LogP contribution in [0.15, 0.2) is 59.7 Å². The second-order valence-corrected chi connectivity index (χ2v) is 8.04. The van der Waals surface area contributed by atoms with E-state index in [4.69, 9.17) is 9.47 Å². The number of hydrazone groups is 1. The van der Waals surface area contributed by atoms with Crippen LogP contribution in [0.2, 0.25) is 0 Å². The van der Waals surface area contributed by atoms with Gasteiger partial charge in [-0.05, 0) is 79.4 Å². The fourth-order valence-corrected chi connectivity index (χ4v) is 3.64. The van der Waals surface area contributed by atoms with E-state index in [1.54, 1.807) is 37.4 Å². The molecule has 0 spiro atoms. The molecule has 0 atom stereocenters. The Balaban J connectivity index is 1.65. The molecule has 0 unspecified atom stereocenters. The van der Waals surface area contributed by atoms with E-state index < -0.39 is 0 Å². The Labute approximate surface area is 199 Å². The number of nitrogens with one attached hydrogen (secondary N) is 2. The molecular weight excluding hydrogens is 430 g/mol. The van der Waals surface area contributed by atoms with Crippen molar-refractivity contribution in [2.75, 3.05) is 12.4 Å². The van der Waals surface area contributed by atoms with Gasteiger partial charge in [0.05, 0.1) is 13.3 Å². The van der Waals surface area contributed by atoms with Crippen LogP contribution in [-0.4, -0.2) is 25.1 Å². The predicted octanol–water partition coefficient (Wildman–Crippen LogP) is 4.92. The second kappa shape index (κ2) is 11.1. The predicted molar refractivity (Wildman–Crippen MR) is 134 cm³/mol. The minimum Gasteiger partial charge on any atom is -0.493 e. The number of anilines is 1. The summed E-state index contributed by atoms with van der Waals surface area (Å²) >= 11 is 0. The molecule has 0 saturated carbocycles. The quantitative estimate of drug-likeness (QED) is 0.370. The molecule has 0 saturated heterocycles. The molecule has 0 aromatic heterocycles. The molecule has 0 aliphatic rings. The molecule has 0 aliphatic carbocycles. The zero-order valence-electron chi connectivity index (χ0n) is 20.1. The average Bonchev–Trinajstić information content (AvgIpc) is 2.78. The molecule has 0 bridgehead atoms. The molecule has 0 aliphatic heterocycles. The lowest BCUT2D eigenvalue weighted by atomic mass is 10.0. The highest BCUT2D eigenvalue weighted by molar-refractivity contribution is 5.97. The number of amides is 2. The van der Waals surface area contributed by atoms with Crippen molar-refractivity contribution in [2.45, 2.75) is 34.3 Å². The molecule has 2 amide bonds. The summed E-state index contributed by atoms with van der Waals surface area (Å²) in [5.74, 6) is 0.596. The molecule has 0 fully saturated rings. The second-order valence-electron chi connectivity index (χ2n) is 8.04. The molecule has 176 valence electrons. The van der Waals surface area contributed by atoms with Gasteiger partial charge in [0.2, 0.25) is 5.91 Å². The molecule has 0 heterocycles. The number of rotatable bonds is 8. The van der Waals surface area contributed by atoms with Gasteiger partial charge in [-0.1, -0.05) is 23.8 Å². The van der Waals surface area contributed by atoms with Crippen molar-refractivity contribution in [3.8, 4) is 11.5 Å². The molecular formula is C27H29N3O4. The van der Waals surface area contributed by atoms with Crippen LogP contribution in [0.4, 0.5) is 5.69 Å². The monoisotopic (exact) mass is 459 g/mol. The Hall–Kier alpha value is -4.13. The van der Waals surface area contributed by atoms with Gasteiger partial charge < -0.3 is 14.8 Å². The van der Waals surface area contributed by atoms with Gasteiger partial charge in [0.25, 0.3) is 5.91 Å². The summed E-state index contributed by atoms with van der Waals surface area (Å²) in [4.78, 5) is 23.6. The lowest BCUT2D eigenvalue weighted by Crippen LogP contribution is -2.18. The first-order chi connectivity index (χ1) is 16.3. The highest BCUT2D eigenvalue weighted by atomic mass is 16.5. The number of aryl methyl sites for hydroxylation is 3. The van der Waals surface area contributed by atoms with Crippen molar-refractivity contribution in [1.29, 1.82) is 0 Å². The number of hydrogen-bond donors (Lipinski definition) is 2. The third-order valence-corrected chi connectivity index (χ3v) is 5.22. The lowest BCUT2D eigenvalue weighted by Gasteiger charge is -2.15. The van der Waals surface area contributed by atoms with Crippen molar-refractivity contribution in [1.82, 2.24) is 5.43 Å². The third-order valence-electron chi connectivity index (χ3n) is 5.22. The van der Waals surface area contributed by atoms with Crippen LogP contribution in [-0.2, 0) is 11.4 Å². The maximum Gasteiger partial charge on any atom is 0.271 e. The van der Waals surface area contributed by atoms with Gasteiger partial charge >= 0.3 is 0 Å². The largest absolute Gasteiger partial charge is 0.493 e. The van der Waals surface area contributed by atoms with E-state index in [0.717, 1.165) is 11.1 Å². The molecule has 3 rings (SSSR count). The van der Waals surface area contributed by atoms with Crippen LogP contribution >= 0.6 is 0 Å². The molecule has 7 heteroatoms. The van der Waals surface area contributed by atoms with Gasteiger partial charge in [-0.3, -0.25) is 9.59 Å². The number of methoxy groups -OCH3 is 1. The SMILES string of the molecule is COc1cc(/C=N\NC(=O)c2cccc(NC(C)=O)c2)ccc1OCc1c(C)cc(C)cc1C. The summed E-state index contributed by atoms with van der Waals surface area (Å²) in [5.41, 5.74) is 8.92. The first kappa shape index (κ1) is 24.5. The van der Waals surface area contributed by atoms with Crippen LogP contribution in [0.3, 0.4) is 0 Å². The highest BCUT2D eigenvalue weighted by Crippen LogP contribution is 2.29. The number of ether oxygens (including phenoxy) is 2. The summed E-state index contributed by atoms with van der Waals surface area (Å²) in [6, 6.07) is 16.3. The van der Waals surface area contributed by atoms with Crippen LogP contribution in [0.5, 0.6) is 11.5 Å². The minimum absolute atomic E-state index is 0.207. The van der Waals surface area contributed by atoms with Crippen molar-refractivity contribution in [3.05, 3.63) is 88.0 Å². The summed E-state index contributed by atoms with van der Waals surface area (Å²) in [6.45, 7) is 8.10. The summed E-state index contributed by atoms with van der Waals surface area (Å²) in [7, 11) is 1.58. The topological polar surface area (TPSA) is 89.0 Å². The number of benzene rings is 3. The minimum atomic E-state index is -0.390. The first-order valence-corrected chi connectivity index (χ1v) is 10.9. The van der Waals surface area contributed by atoms with Crippen molar-refractivity contribution in [2.24, 2.45) is 5.10 Å². The van der Waals surface area contributed by atoms with E-state index in [0.29, 0.717) is 29.4 Å². The number of nitrogens with zero attached hydrogens (tertiary/aromatic N) is 1. The van der Waals surface area contributed by atoms with Gasteiger partial charge in [0.15, 0.2) is 11.5 Å². The Kier molecular flexibility index (Phi) is 8.03. The Morgan fingerprint density at radius 2 is 1.71 bits per heavy atom. The zero-order chi connectivity index (χ0) is 24.7. The maximum atomic E-state index is 12.4. The highest BCUT2D eigenvalue weighted by Gasteiger charge is 2.10. The molecule has 0 radical (unpaired) electrons. The van der Waals surface area contributed by atoms with E-state index in [1.807, 2.05) is 12.1 Å². The normalized spacial score (nSPS) is 10.7. The number of hydrogen-bond acceptors (Lipinski definition) is 5. The smallest absolute Gasteiger partial charge is 0.271 e. The first-order valence-electron chi connectivity index (χ1n) is 10.9. The lowest BCUT2D eigenvalue weighted by molar-refractivity contribution is -0.114. The van der Waals surface area contributed by atoms with E-state index in [1.165, 1.54) is 29.8 Å². The maximum absolute atomic E-state index is 12.4. The number of carbonyl (C=O) groups is 2. The fraction of sp³-hybridized carbons (Fsp3) is 0.222. The molecule has 3 aromatic rings. The van der Waals surface area contributed by atoms with Crippen LogP contribution in [0.1, 0.15) is 45.1 Å².